The number of carbonyl (C=O) groups is 1. The summed E-state index contributed by atoms with van der Waals surface area (Å²) in [6, 6.07) is 6.23. The molecule has 0 bridgehead atoms. The van der Waals surface area contributed by atoms with E-state index in [-0.39, 0.29) is 11.3 Å². The van der Waals surface area contributed by atoms with Gasteiger partial charge in [-0.3, -0.25) is 4.79 Å². The van der Waals surface area contributed by atoms with Crippen molar-refractivity contribution in [3.63, 3.8) is 0 Å². The predicted molar refractivity (Wildman–Crippen MR) is 107 cm³/mol. The van der Waals surface area contributed by atoms with Crippen LogP contribution in [0.25, 0.3) is 0 Å². The maximum absolute atomic E-state index is 13.3. The summed E-state index contributed by atoms with van der Waals surface area (Å²) < 4.78 is 39.7. The van der Waals surface area contributed by atoms with Gasteiger partial charge in [-0.05, 0) is 42.9 Å². The number of amides is 1. The van der Waals surface area contributed by atoms with Gasteiger partial charge < -0.3 is 5.32 Å². The Balaban J connectivity index is 1.71. The maximum Gasteiger partial charge on any atom is 0.255 e. The molecule has 1 amide bonds. The molecule has 1 aliphatic rings. The van der Waals surface area contributed by atoms with Gasteiger partial charge in [0.1, 0.15) is 0 Å². The Morgan fingerprint density at radius 1 is 1.25 bits per heavy atom. The molecule has 148 valence electrons. The molecule has 2 atom stereocenters. The van der Waals surface area contributed by atoms with Gasteiger partial charge in [-0.25, -0.2) is 13.2 Å². The molecule has 28 heavy (non-hydrogen) atoms. The summed E-state index contributed by atoms with van der Waals surface area (Å²) in [5.74, 6) is -3.01. The second-order valence-electron chi connectivity index (χ2n) is 7.06. The Morgan fingerprint density at radius 3 is 2.54 bits per heavy atom. The lowest BCUT2D eigenvalue weighted by atomic mass is 10.1. The lowest BCUT2D eigenvalue weighted by Crippen LogP contribution is -2.13. The van der Waals surface area contributed by atoms with Crippen LogP contribution < -0.4 is 5.32 Å². The smallest absolute Gasteiger partial charge is 0.255 e. The summed E-state index contributed by atoms with van der Waals surface area (Å²) in [6.45, 7) is 6.34. The highest BCUT2D eigenvalue weighted by Gasteiger charge is 2.25. The summed E-state index contributed by atoms with van der Waals surface area (Å²) in [4.78, 5) is 13.2. The maximum atomic E-state index is 13.3. The molecule has 2 unspecified atom stereocenters. The number of benzene rings is 2. The second kappa shape index (κ2) is 8.62. The van der Waals surface area contributed by atoms with E-state index in [0.717, 1.165) is 35.6 Å². The van der Waals surface area contributed by atoms with E-state index in [2.05, 4.69) is 18.8 Å². The first-order valence-corrected chi connectivity index (χ1v) is 10.2. The van der Waals surface area contributed by atoms with Crippen LogP contribution in [0.15, 0.2) is 47.4 Å². The first kappa shape index (κ1) is 20.8. The highest BCUT2D eigenvalue weighted by Crippen LogP contribution is 2.39. The van der Waals surface area contributed by atoms with E-state index >= 15 is 0 Å². The van der Waals surface area contributed by atoms with Crippen LogP contribution in [0, 0.1) is 29.3 Å². The van der Waals surface area contributed by atoms with Crippen LogP contribution in [0.1, 0.15) is 30.1 Å². The third kappa shape index (κ3) is 4.73. The number of hydrogen-bond acceptors (Lipinski definition) is 2. The number of anilines is 1. The molecule has 1 fully saturated rings. The first-order chi connectivity index (χ1) is 13.2. The average molecular weight is 426 g/mol. The molecule has 1 aliphatic carbocycles. The Morgan fingerprint density at radius 2 is 1.93 bits per heavy atom. The molecule has 0 aliphatic heterocycles. The van der Waals surface area contributed by atoms with Crippen molar-refractivity contribution in [2.24, 2.45) is 11.8 Å². The molecule has 2 aromatic rings. The van der Waals surface area contributed by atoms with E-state index in [1.807, 2.05) is 0 Å². The largest absolute Gasteiger partial charge is 0.322 e. The monoisotopic (exact) mass is 425 g/mol. The topological polar surface area (TPSA) is 29.1 Å². The van der Waals surface area contributed by atoms with Crippen LogP contribution in [-0.2, 0) is 0 Å². The average Bonchev–Trinajstić information content (AvgIpc) is 2.96. The first-order valence-electron chi connectivity index (χ1n) is 8.80. The van der Waals surface area contributed by atoms with Crippen molar-refractivity contribution >= 4 is 35.0 Å². The van der Waals surface area contributed by atoms with Gasteiger partial charge in [-0.2, -0.15) is 0 Å². The molecule has 0 heterocycles. The number of rotatable bonds is 5. The Kier molecular flexibility index (Phi) is 6.40. The molecule has 0 saturated heterocycles. The summed E-state index contributed by atoms with van der Waals surface area (Å²) in [6.07, 6.45) is 2.12. The number of halogens is 4. The number of allylic oxidation sites excluding steroid dienone is 1. The zero-order valence-electron chi connectivity index (χ0n) is 15.2. The molecule has 2 aromatic carbocycles. The zero-order chi connectivity index (χ0) is 20.4. The molecule has 1 saturated carbocycles. The fourth-order valence-electron chi connectivity index (χ4n) is 3.31. The second-order valence-corrected chi connectivity index (χ2v) is 8.53. The SMILES string of the molecule is C=C1CC(C)CC1CSc1cc(C(=O)Nc2cc(F)c(F)c(F)c2)ccc1Cl. The van der Waals surface area contributed by atoms with Crippen LogP contribution in [0.5, 0.6) is 0 Å². The minimum Gasteiger partial charge on any atom is -0.322 e. The molecule has 0 radical (unpaired) electrons. The molecule has 7 heteroatoms. The van der Waals surface area contributed by atoms with Crippen molar-refractivity contribution in [1.29, 1.82) is 0 Å². The predicted octanol–water partition coefficient (Wildman–Crippen LogP) is 6.70. The van der Waals surface area contributed by atoms with Gasteiger partial charge in [0.2, 0.25) is 0 Å². The van der Waals surface area contributed by atoms with Gasteiger partial charge in [-0.15, -0.1) is 11.8 Å². The zero-order valence-corrected chi connectivity index (χ0v) is 16.8. The molecule has 2 nitrogen and oxygen atoms in total. The molecule has 0 aromatic heterocycles. The highest BCUT2D eigenvalue weighted by atomic mass is 35.5. The van der Waals surface area contributed by atoms with Crippen LogP contribution in [0.2, 0.25) is 5.02 Å². The summed E-state index contributed by atoms with van der Waals surface area (Å²) in [5, 5.41) is 2.90. The third-order valence-corrected chi connectivity index (χ3v) is 6.41. The van der Waals surface area contributed by atoms with Gasteiger partial charge in [-0.1, -0.05) is 30.7 Å². The van der Waals surface area contributed by atoms with Crippen molar-refractivity contribution in [1.82, 2.24) is 0 Å². The van der Waals surface area contributed by atoms with Crippen molar-refractivity contribution in [3.8, 4) is 0 Å². The van der Waals surface area contributed by atoms with Crippen LogP contribution in [0.3, 0.4) is 0 Å². The Labute approximate surface area is 171 Å². The lowest BCUT2D eigenvalue weighted by Gasteiger charge is -2.13. The van der Waals surface area contributed by atoms with Crippen molar-refractivity contribution < 1.29 is 18.0 Å². The van der Waals surface area contributed by atoms with Crippen LogP contribution >= 0.6 is 23.4 Å². The van der Waals surface area contributed by atoms with E-state index in [1.54, 1.807) is 23.9 Å². The van der Waals surface area contributed by atoms with Crippen molar-refractivity contribution in [2.75, 3.05) is 11.1 Å². The van der Waals surface area contributed by atoms with Crippen LogP contribution in [0.4, 0.5) is 18.9 Å². The Bertz CT molecular complexity index is 911. The molecular weight excluding hydrogens is 407 g/mol. The minimum atomic E-state index is -1.58. The minimum absolute atomic E-state index is 0.165. The highest BCUT2D eigenvalue weighted by molar-refractivity contribution is 7.99. The number of nitrogens with one attached hydrogen (secondary N) is 1. The summed E-state index contributed by atoms with van der Waals surface area (Å²) in [5.41, 5.74) is 1.36. The number of thioether (sulfide) groups is 1. The molecule has 3 rings (SSSR count). The van der Waals surface area contributed by atoms with Gasteiger partial charge in [0.05, 0.1) is 5.02 Å². The fraction of sp³-hybridized carbons (Fsp3) is 0.286. The van der Waals surface area contributed by atoms with Crippen molar-refractivity contribution in [2.45, 2.75) is 24.7 Å². The van der Waals surface area contributed by atoms with E-state index in [4.69, 9.17) is 11.6 Å². The molecular formula is C21H19ClF3NOS. The number of carbonyl (C=O) groups excluding carboxylic acids is 1. The summed E-state index contributed by atoms with van der Waals surface area (Å²) >= 11 is 7.81. The quantitative estimate of drug-likeness (QED) is 0.328. The van der Waals surface area contributed by atoms with Gasteiger partial charge in [0, 0.05) is 34.0 Å². The van der Waals surface area contributed by atoms with Crippen LogP contribution in [-0.4, -0.2) is 11.7 Å². The van der Waals surface area contributed by atoms with Crippen molar-refractivity contribution in [3.05, 3.63) is 70.5 Å². The van der Waals surface area contributed by atoms with E-state index in [1.165, 1.54) is 11.6 Å². The van der Waals surface area contributed by atoms with E-state index in [9.17, 15) is 18.0 Å². The fourth-order valence-corrected chi connectivity index (χ4v) is 4.76. The third-order valence-electron chi connectivity index (χ3n) is 4.75. The van der Waals surface area contributed by atoms with Gasteiger partial charge in [0.25, 0.3) is 5.91 Å². The standard InChI is InChI=1S/C21H19ClF3NOS/c1-11-5-12(2)14(6-11)10-28-19-7-13(3-4-16(19)22)21(27)26-15-8-17(23)20(25)18(24)9-15/h3-4,7-9,11,14H,2,5-6,10H2,1H3,(H,26,27). The number of hydrogen-bond donors (Lipinski definition) is 1. The molecule has 0 spiro atoms. The van der Waals surface area contributed by atoms with Gasteiger partial charge >= 0.3 is 0 Å². The summed E-state index contributed by atoms with van der Waals surface area (Å²) in [7, 11) is 0. The Hall–Kier alpha value is -1.92. The van der Waals surface area contributed by atoms with E-state index < -0.39 is 23.4 Å². The normalized spacial score (nSPS) is 19.1. The lowest BCUT2D eigenvalue weighted by molar-refractivity contribution is 0.102. The molecule has 1 N–H and O–H groups in total. The van der Waals surface area contributed by atoms with Gasteiger partial charge in [0.15, 0.2) is 17.5 Å². The van der Waals surface area contributed by atoms with E-state index in [0.29, 0.717) is 16.9 Å².